The smallest absolute Gasteiger partial charge is 0.328 e. The molecule has 9 nitrogen and oxygen atoms in total. The van der Waals surface area contributed by atoms with Gasteiger partial charge in [-0.05, 0) is 61.0 Å². The molecule has 4 aromatic rings. The molecule has 43 heavy (non-hydrogen) atoms. The Hall–Kier alpha value is -4.09. The molecule has 4 rings (SSSR count). The SMILES string of the molecule is Cc1ccc(S(=O)(=O)c2cccc(Cl)c2NC(N)=N[C@@H](Cc2ccc(NC(=O)c3c(Cl)cccc3Cl)cc2)C(=O)O)cc1. The number of nitrogens with zero attached hydrogens (tertiary/aromatic N) is 1. The van der Waals surface area contributed by atoms with Gasteiger partial charge in [0, 0.05) is 12.1 Å². The van der Waals surface area contributed by atoms with Gasteiger partial charge in [0.05, 0.1) is 36.1 Å². The molecule has 0 radical (unpaired) electrons. The fourth-order valence-corrected chi connectivity index (χ4v) is 6.35. The van der Waals surface area contributed by atoms with Gasteiger partial charge in [-0.2, -0.15) is 0 Å². The summed E-state index contributed by atoms with van der Waals surface area (Å²) in [6.45, 7) is 1.84. The fraction of sp³-hybridized carbons (Fsp3) is 0.100. The number of aliphatic imine (C=N–C) groups is 1. The van der Waals surface area contributed by atoms with E-state index in [2.05, 4.69) is 15.6 Å². The van der Waals surface area contributed by atoms with Gasteiger partial charge < -0.3 is 21.5 Å². The predicted molar refractivity (Wildman–Crippen MR) is 169 cm³/mol. The van der Waals surface area contributed by atoms with Crippen molar-refractivity contribution in [2.75, 3.05) is 10.6 Å². The number of hydrogen-bond acceptors (Lipinski definition) is 5. The van der Waals surface area contributed by atoms with Crippen LogP contribution in [0.25, 0.3) is 0 Å². The minimum Gasteiger partial charge on any atom is -0.480 e. The molecule has 0 heterocycles. The van der Waals surface area contributed by atoms with Gasteiger partial charge in [0.15, 0.2) is 12.0 Å². The maximum Gasteiger partial charge on any atom is 0.328 e. The van der Waals surface area contributed by atoms with Crippen LogP contribution in [0, 0.1) is 6.92 Å². The summed E-state index contributed by atoms with van der Waals surface area (Å²) in [5.41, 5.74) is 8.05. The number of para-hydroxylation sites is 1. The molecule has 1 atom stereocenters. The largest absolute Gasteiger partial charge is 0.480 e. The van der Waals surface area contributed by atoms with Gasteiger partial charge in [-0.15, -0.1) is 0 Å². The quantitative estimate of drug-likeness (QED) is 0.119. The van der Waals surface area contributed by atoms with Gasteiger partial charge in [-0.3, -0.25) is 4.79 Å². The topological polar surface area (TPSA) is 151 Å². The zero-order valence-electron chi connectivity index (χ0n) is 22.5. The fourth-order valence-electron chi connectivity index (χ4n) is 4.07. The van der Waals surface area contributed by atoms with Gasteiger partial charge in [0.1, 0.15) is 0 Å². The second-order valence-corrected chi connectivity index (χ2v) is 12.5. The van der Waals surface area contributed by atoms with E-state index in [9.17, 15) is 23.1 Å². The van der Waals surface area contributed by atoms with Crippen molar-refractivity contribution in [3.63, 3.8) is 0 Å². The molecular weight excluding hydrogens is 635 g/mol. The molecule has 0 aliphatic heterocycles. The zero-order chi connectivity index (χ0) is 31.3. The van der Waals surface area contributed by atoms with E-state index in [1.54, 1.807) is 54.6 Å². The summed E-state index contributed by atoms with van der Waals surface area (Å²) in [5.74, 6) is -2.11. The lowest BCUT2D eigenvalue weighted by Crippen LogP contribution is -2.30. The number of hydrogen-bond donors (Lipinski definition) is 4. The lowest BCUT2D eigenvalue weighted by Gasteiger charge is -2.15. The average molecular weight is 660 g/mol. The Morgan fingerprint density at radius 2 is 1.44 bits per heavy atom. The third-order valence-corrected chi connectivity index (χ3v) is 9.02. The second kappa shape index (κ2) is 13.5. The van der Waals surface area contributed by atoms with Crippen molar-refractivity contribution in [1.29, 1.82) is 0 Å². The summed E-state index contributed by atoms with van der Waals surface area (Å²) in [4.78, 5) is 28.7. The molecular formula is C30H25Cl3N4O5S. The summed E-state index contributed by atoms with van der Waals surface area (Å²) in [5, 5.41) is 15.6. The van der Waals surface area contributed by atoms with Gasteiger partial charge in [-0.1, -0.05) is 76.8 Å². The van der Waals surface area contributed by atoms with E-state index in [-0.39, 0.29) is 48.5 Å². The molecule has 0 unspecified atom stereocenters. The van der Waals surface area contributed by atoms with E-state index in [0.717, 1.165) is 5.56 Å². The number of anilines is 2. The predicted octanol–water partition coefficient (Wildman–Crippen LogP) is 6.46. The number of guanidine groups is 1. The number of aliphatic carboxylic acids is 1. The highest BCUT2D eigenvalue weighted by Gasteiger charge is 2.24. The molecule has 0 aliphatic rings. The highest BCUT2D eigenvalue weighted by atomic mass is 35.5. The number of sulfone groups is 1. The number of halogens is 3. The molecule has 0 aromatic heterocycles. The first-order valence-electron chi connectivity index (χ1n) is 12.6. The van der Waals surface area contributed by atoms with Crippen molar-refractivity contribution >= 4 is 73.9 Å². The summed E-state index contributed by atoms with van der Waals surface area (Å²) in [6, 6.07) is 20.5. The van der Waals surface area contributed by atoms with Crippen LogP contribution in [0.4, 0.5) is 11.4 Å². The number of carboxylic acids is 1. The molecule has 0 bridgehead atoms. The number of amides is 1. The van der Waals surface area contributed by atoms with E-state index in [4.69, 9.17) is 40.5 Å². The standard InChI is InChI=1S/C30H25Cl3N4O5S/c1-17-8-14-20(15-9-17)43(41,42)25-7-3-6-23(33)27(25)37-30(34)36-24(29(39)40)16-18-10-12-19(13-11-18)35-28(38)26-21(31)4-2-5-22(26)32/h2-15,24H,16H2,1H3,(H,35,38)(H,39,40)(H3,34,36,37)/t24-/m0/s1. The molecule has 222 valence electrons. The van der Waals surface area contributed by atoms with E-state index in [0.29, 0.717) is 11.3 Å². The van der Waals surface area contributed by atoms with Crippen LogP contribution < -0.4 is 16.4 Å². The highest BCUT2D eigenvalue weighted by Crippen LogP contribution is 2.33. The van der Waals surface area contributed by atoms with Gasteiger partial charge in [0.25, 0.3) is 5.91 Å². The molecule has 13 heteroatoms. The Kier molecular flexibility index (Phi) is 9.98. The van der Waals surface area contributed by atoms with Crippen LogP contribution in [0.15, 0.2) is 99.7 Å². The van der Waals surface area contributed by atoms with Crippen LogP contribution in [-0.4, -0.2) is 37.4 Å². The minimum absolute atomic E-state index is 0.0335. The van der Waals surface area contributed by atoms with Crippen LogP contribution >= 0.6 is 34.8 Å². The Morgan fingerprint density at radius 3 is 2.05 bits per heavy atom. The number of rotatable bonds is 9. The molecule has 0 fully saturated rings. The lowest BCUT2D eigenvalue weighted by atomic mass is 10.1. The first-order chi connectivity index (χ1) is 20.4. The van der Waals surface area contributed by atoms with E-state index < -0.39 is 27.8 Å². The van der Waals surface area contributed by atoms with Crippen LogP contribution in [0.1, 0.15) is 21.5 Å². The Morgan fingerprint density at radius 1 is 0.860 bits per heavy atom. The van der Waals surface area contributed by atoms with Crippen molar-refractivity contribution in [1.82, 2.24) is 0 Å². The average Bonchev–Trinajstić information content (AvgIpc) is 2.94. The summed E-state index contributed by atoms with van der Waals surface area (Å²) in [6.07, 6.45) is -0.0562. The zero-order valence-corrected chi connectivity index (χ0v) is 25.6. The van der Waals surface area contributed by atoms with Crippen LogP contribution in [-0.2, 0) is 21.1 Å². The monoisotopic (exact) mass is 658 g/mol. The molecule has 4 aromatic carbocycles. The Bertz CT molecular complexity index is 1790. The first-order valence-corrected chi connectivity index (χ1v) is 15.3. The maximum atomic E-state index is 13.4. The number of nitrogens with one attached hydrogen (secondary N) is 2. The molecule has 0 saturated carbocycles. The molecule has 0 aliphatic carbocycles. The van der Waals surface area contributed by atoms with E-state index >= 15 is 0 Å². The Labute approximate surface area is 263 Å². The van der Waals surface area contributed by atoms with Crippen molar-refractivity contribution in [3.05, 3.63) is 117 Å². The number of nitrogens with two attached hydrogens (primary N) is 1. The molecule has 0 spiro atoms. The van der Waals surface area contributed by atoms with Crippen molar-refractivity contribution < 1.29 is 23.1 Å². The van der Waals surface area contributed by atoms with Crippen LogP contribution in [0.2, 0.25) is 15.1 Å². The summed E-state index contributed by atoms with van der Waals surface area (Å²) >= 11 is 18.5. The third-order valence-electron chi connectivity index (χ3n) is 6.26. The van der Waals surface area contributed by atoms with Crippen molar-refractivity contribution in [3.8, 4) is 0 Å². The lowest BCUT2D eigenvalue weighted by molar-refractivity contribution is -0.138. The van der Waals surface area contributed by atoms with Crippen LogP contribution in [0.3, 0.4) is 0 Å². The van der Waals surface area contributed by atoms with Crippen molar-refractivity contribution in [2.45, 2.75) is 29.2 Å². The minimum atomic E-state index is -4.00. The number of carbonyl (C=O) groups excluding carboxylic acids is 1. The van der Waals surface area contributed by atoms with Gasteiger partial charge in [0.2, 0.25) is 9.84 Å². The van der Waals surface area contributed by atoms with E-state index in [1.807, 2.05) is 6.92 Å². The number of carbonyl (C=O) groups is 2. The molecule has 1 amide bonds. The summed E-state index contributed by atoms with van der Waals surface area (Å²) in [7, 11) is -4.00. The molecule has 0 saturated heterocycles. The van der Waals surface area contributed by atoms with E-state index in [1.165, 1.54) is 30.3 Å². The van der Waals surface area contributed by atoms with Crippen molar-refractivity contribution in [2.24, 2.45) is 10.7 Å². The number of benzene rings is 4. The summed E-state index contributed by atoms with van der Waals surface area (Å²) < 4.78 is 26.7. The third kappa shape index (κ3) is 7.66. The Balaban J connectivity index is 1.52. The van der Waals surface area contributed by atoms with Gasteiger partial charge in [-0.25, -0.2) is 18.2 Å². The highest BCUT2D eigenvalue weighted by molar-refractivity contribution is 7.91. The van der Waals surface area contributed by atoms with Gasteiger partial charge >= 0.3 is 5.97 Å². The second-order valence-electron chi connectivity index (χ2n) is 9.37. The molecule has 5 N–H and O–H groups in total. The number of carboxylic acid groups (broad SMARTS) is 1. The normalized spacial score (nSPS) is 12.4. The van der Waals surface area contributed by atoms with Crippen LogP contribution in [0.5, 0.6) is 0 Å². The maximum absolute atomic E-state index is 13.4. The first kappa shape index (κ1) is 31.8. The number of aryl methyl sites for hydroxylation is 1.